The van der Waals surface area contributed by atoms with E-state index < -0.39 is 10.0 Å². The Labute approximate surface area is 123 Å². The van der Waals surface area contributed by atoms with Crippen LogP contribution in [0.2, 0.25) is 0 Å². The maximum atomic E-state index is 12.3. The molecule has 0 saturated heterocycles. The molecule has 0 amide bonds. The van der Waals surface area contributed by atoms with Crippen LogP contribution in [-0.4, -0.2) is 13.0 Å². The first-order chi connectivity index (χ1) is 9.92. The number of pyridine rings is 1. The van der Waals surface area contributed by atoms with Gasteiger partial charge in [-0.1, -0.05) is 13.0 Å². The number of nitrogens with zero attached hydrogens (tertiary/aromatic N) is 1. The van der Waals surface area contributed by atoms with Crippen LogP contribution in [0.3, 0.4) is 0 Å². The third-order valence-corrected chi connectivity index (χ3v) is 4.25. The minimum Gasteiger partial charge on any atom is -0.399 e. The number of anilines is 2. The highest BCUT2D eigenvalue weighted by Gasteiger charge is 2.14. The van der Waals surface area contributed by atoms with Crippen LogP contribution in [0.1, 0.15) is 13.3 Å². The lowest BCUT2D eigenvalue weighted by Crippen LogP contribution is -2.20. The first-order valence-electron chi connectivity index (χ1n) is 6.51. The molecule has 112 valence electrons. The highest BCUT2D eigenvalue weighted by Crippen LogP contribution is 2.17. The molecule has 0 saturated carbocycles. The number of hydrogen-bond acceptors (Lipinski definition) is 4. The van der Waals surface area contributed by atoms with Gasteiger partial charge in [-0.25, -0.2) is 8.42 Å². The van der Waals surface area contributed by atoms with Crippen molar-refractivity contribution in [1.29, 1.82) is 0 Å². The maximum absolute atomic E-state index is 12.3. The molecule has 0 aliphatic heterocycles. The number of hydrogen-bond donors (Lipinski definition) is 2. The predicted octanol–water partition coefficient (Wildman–Crippen LogP) is 1.64. The van der Waals surface area contributed by atoms with Gasteiger partial charge in [0.05, 0.1) is 10.6 Å². The number of benzene rings is 1. The monoisotopic (exact) mass is 307 g/mol. The lowest BCUT2D eigenvalue weighted by Gasteiger charge is -2.10. The van der Waals surface area contributed by atoms with Gasteiger partial charge >= 0.3 is 0 Å². The SMILES string of the molecule is CCCn1cc(NS(=O)(=O)c2cccc(N)c2)ccc1=O. The normalized spacial score (nSPS) is 11.3. The van der Waals surface area contributed by atoms with E-state index in [2.05, 4.69) is 4.72 Å². The molecule has 0 atom stereocenters. The second kappa shape index (κ2) is 6.01. The Bertz CT molecular complexity index is 797. The number of aryl methyl sites for hydroxylation is 1. The van der Waals surface area contributed by atoms with Gasteiger partial charge in [-0.05, 0) is 30.7 Å². The summed E-state index contributed by atoms with van der Waals surface area (Å²) in [7, 11) is -3.73. The quantitative estimate of drug-likeness (QED) is 0.821. The van der Waals surface area contributed by atoms with Gasteiger partial charge < -0.3 is 10.3 Å². The van der Waals surface area contributed by atoms with Gasteiger partial charge in [-0.2, -0.15) is 0 Å². The number of nitrogen functional groups attached to an aromatic ring is 1. The highest BCUT2D eigenvalue weighted by molar-refractivity contribution is 7.92. The van der Waals surface area contributed by atoms with Crippen LogP contribution >= 0.6 is 0 Å². The molecule has 0 unspecified atom stereocenters. The van der Waals surface area contributed by atoms with E-state index in [1.807, 2.05) is 6.92 Å². The van der Waals surface area contributed by atoms with Gasteiger partial charge in [0.1, 0.15) is 0 Å². The molecule has 1 heterocycles. The summed E-state index contributed by atoms with van der Waals surface area (Å²) in [5, 5.41) is 0. The van der Waals surface area contributed by atoms with E-state index in [4.69, 9.17) is 5.73 Å². The maximum Gasteiger partial charge on any atom is 0.262 e. The standard InChI is InChI=1S/C14H17N3O3S/c1-2-8-17-10-12(6-7-14(17)18)16-21(19,20)13-5-3-4-11(15)9-13/h3-7,9-10,16H,2,8,15H2,1H3. The molecule has 2 aromatic rings. The summed E-state index contributed by atoms with van der Waals surface area (Å²) in [4.78, 5) is 11.7. The molecule has 2 rings (SSSR count). The van der Waals surface area contributed by atoms with Crippen molar-refractivity contribution in [2.24, 2.45) is 0 Å². The van der Waals surface area contributed by atoms with Gasteiger partial charge in [-0.3, -0.25) is 9.52 Å². The molecular formula is C14H17N3O3S. The molecule has 0 spiro atoms. The highest BCUT2D eigenvalue weighted by atomic mass is 32.2. The summed E-state index contributed by atoms with van der Waals surface area (Å²) in [5.74, 6) is 0. The van der Waals surface area contributed by atoms with Gasteiger partial charge in [0, 0.05) is 24.5 Å². The van der Waals surface area contributed by atoms with Gasteiger partial charge in [-0.15, -0.1) is 0 Å². The minimum absolute atomic E-state index is 0.0794. The lowest BCUT2D eigenvalue weighted by molar-refractivity contribution is 0.601. The van der Waals surface area contributed by atoms with E-state index in [0.717, 1.165) is 6.42 Å². The third kappa shape index (κ3) is 3.63. The van der Waals surface area contributed by atoms with Crippen LogP contribution in [0.25, 0.3) is 0 Å². The van der Waals surface area contributed by atoms with Crippen molar-refractivity contribution >= 4 is 21.4 Å². The Balaban J connectivity index is 2.33. The molecule has 0 aliphatic rings. The molecule has 1 aromatic carbocycles. The predicted molar refractivity (Wildman–Crippen MR) is 82.7 cm³/mol. The van der Waals surface area contributed by atoms with Crippen LogP contribution in [0.4, 0.5) is 11.4 Å². The van der Waals surface area contributed by atoms with E-state index in [1.165, 1.54) is 35.0 Å². The molecular weight excluding hydrogens is 290 g/mol. The Kier molecular flexibility index (Phi) is 4.32. The van der Waals surface area contributed by atoms with Crippen molar-refractivity contribution in [3.8, 4) is 0 Å². The summed E-state index contributed by atoms with van der Waals surface area (Å²) in [6, 6.07) is 8.80. The molecule has 21 heavy (non-hydrogen) atoms. The second-order valence-corrected chi connectivity index (χ2v) is 6.31. The van der Waals surface area contributed by atoms with Crippen LogP contribution in [0.15, 0.2) is 52.3 Å². The van der Waals surface area contributed by atoms with Crippen molar-refractivity contribution < 1.29 is 8.42 Å². The second-order valence-electron chi connectivity index (χ2n) is 4.63. The molecule has 0 bridgehead atoms. The largest absolute Gasteiger partial charge is 0.399 e. The summed E-state index contributed by atoms with van der Waals surface area (Å²) < 4.78 is 28.4. The van der Waals surface area contributed by atoms with Crippen molar-refractivity contribution in [1.82, 2.24) is 4.57 Å². The fourth-order valence-corrected chi connectivity index (χ4v) is 3.00. The number of rotatable bonds is 5. The molecule has 7 heteroatoms. The first kappa shape index (κ1) is 15.1. The Morgan fingerprint density at radius 1 is 1.24 bits per heavy atom. The number of nitrogens with two attached hydrogens (primary N) is 1. The van der Waals surface area contributed by atoms with Gasteiger partial charge in [0.2, 0.25) is 0 Å². The molecule has 0 aliphatic carbocycles. The summed E-state index contributed by atoms with van der Waals surface area (Å²) in [5.41, 5.74) is 6.14. The summed E-state index contributed by atoms with van der Waals surface area (Å²) in [6.45, 7) is 2.47. The zero-order valence-electron chi connectivity index (χ0n) is 11.6. The Morgan fingerprint density at radius 3 is 2.67 bits per heavy atom. The first-order valence-corrected chi connectivity index (χ1v) is 7.99. The van der Waals surface area contributed by atoms with Crippen LogP contribution in [-0.2, 0) is 16.6 Å². The van der Waals surface area contributed by atoms with Crippen LogP contribution in [0.5, 0.6) is 0 Å². The topological polar surface area (TPSA) is 94.2 Å². The van der Waals surface area contributed by atoms with Crippen molar-refractivity contribution in [2.75, 3.05) is 10.5 Å². The van der Waals surface area contributed by atoms with Gasteiger partial charge in [0.25, 0.3) is 15.6 Å². The number of nitrogens with one attached hydrogen (secondary N) is 1. The number of sulfonamides is 1. The smallest absolute Gasteiger partial charge is 0.262 e. The van der Waals surface area contributed by atoms with Crippen LogP contribution < -0.4 is 16.0 Å². The third-order valence-electron chi connectivity index (χ3n) is 2.87. The zero-order chi connectivity index (χ0) is 15.5. The van der Waals surface area contributed by atoms with Crippen molar-refractivity contribution in [3.05, 3.63) is 52.9 Å². The van der Waals surface area contributed by atoms with E-state index in [0.29, 0.717) is 17.9 Å². The van der Waals surface area contributed by atoms with E-state index in [9.17, 15) is 13.2 Å². The van der Waals surface area contributed by atoms with Gasteiger partial charge in [0.15, 0.2) is 0 Å². The lowest BCUT2D eigenvalue weighted by atomic mass is 10.3. The van der Waals surface area contributed by atoms with E-state index in [1.54, 1.807) is 12.1 Å². The summed E-state index contributed by atoms with van der Waals surface area (Å²) in [6.07, 6.45) is 2.28. The average molecular weight is 307 g/mol. The Hall–Kier alpha value is -2.28. The molecule has 0 radical (unpaired) electrons. The summed E-state index contributed by atoms with van der Waals surface area (Å²) >= 11 is 0. The molecule has 6 nitrogen and oxygen atoms in total. The van der Waals surface area contributed by atoms with E-state index >= 15 is 0 Å². The fourth-order valence-electron chi connectivity index (χ4n) is 1.90. The minimum atomic E-state index is -3.73. The number of aromatic nitrogens is 1. The van der Waals surface area contributed by atoms with Crippen molar-refractivity contribution in [2.45, 2.75) is 24.8 Å². The molecule has 0 fully saturated rings. The van der Waals surface area contributed by atoms with Crippen LogP contribution in [0, 0.1) is 0 Å². The fraction of sp³-hybridized carbons (Fsp3) is 0.214. The molecule has 1 aromatic heterocycles. The van der Waals surface area contributed by atoms with E-state index in [-0.39, 0.29) is 10.5 Å². The Morgan fingerprint density at radius 2 is 2.00 bits per heavy atom. The average Bonchev–Trinajstić information content (AvgIpc) is 2.42. The molecule has 3 N–H and O–H groups in total. The zero-order valence-corrected chi connectivity index (χ0v) is 12.4. The van der Waals surface area contributed by atoms with Crippen molar-refractivity contribution in [3.63, 3.8) is 0 Å².